The lowest BCUT2D eigenvalue weighted by Crippen LogP contribution is -2.12. The van der Waals surface area contributed by atoms with Crippen molar-refractivity contribution < 1.29 is 38.9 Å². The monoisotopic (exact) mass is 724 g/mol. The van der Waals surface area contributed by atoms with Gasteiger partial charge in [-0.3, -0.25) is 19.2 Å². The average Bonchev–Trinajstić information content (AvgIpc) is 3.21. The van der Waals surface area contributed by atoms with Gasteiger partial charge in [0.2, 0.25) is 0 Å². The summed E-state index contributed by atoms with van der Waals surface area (Å²) in [6.07, 6.45) is 1.04. The van der Waals surface area contributed by atoms with Crippen LogP contribution in [0.5, 0.6) is 23.0 Å². The standard InChI is InChI=1S/C47H32O8/c48-26-32-24-30-12-3-7-16-36(30)44(46(32)52)42-34-14-5-1-10-28(34)20-22-38(42)54-40(50)18-9-19-41(51)55-39-23-21-29-11-2-6-15-35(29)43(39)45-37-17-8-4-13-31(37)25-33(27-49)47(45)53/h1-8,10-17,20-27,52-53H,9,18-19H2. The van der Waals surface area contributed by atoms with Crippen molar-refractivity contribution in [3.63, 3.8) is 0 Å². The maximum atomic E-state index is 13.4. The van der Waals surface area contributed by atoms with Gasteiger partial charge in [-0.15, -0.1) is 0 Å². The third-order valence-corrected chi connectivity index (χ3v) is 9.85. The Morgan fingerprint density at radius 2 is 0.800 bits per heavy atom. The number of hydrogen-bond donors (Lipinski definition) is 2. The first-order chi connectivity index (χ1) is 26.9. The Labute approximate surface area is 314 Å². The zero-order valence-corrected chi connectivity index (χ0v) is 29.3. The van der Waals surface area contributed by atoms with Crippen LogP contribution in [-0.2, 0) is 9.59 Å². The zero-order valence-electron chi connectivity index (χ0n) is 29.3. The first kappa shape index (κ1) is 34.7. The van der Waals surface area contributed by atoms with Crippen LogP contribution in [0.2, 0.25) is 0 Å². The molecule has 0 unspecified atom stereocenters. The fourth-order valence-corrected chi connectivity index (χ4v) is 7.32. The number of aromatic hydroxyl groups is 2. The summed E-state index contributed by atoms with van der Waals surface area (Å²) in [5.41, 5.74) is 1.86. The first-order valence-corrected chi connectivity index (χ1v) is 17.7. The van der Waals surface area contributed by atoms with E-state index < -0.39 is 11.9 Å². The van der Waals surface area contributed by atoms with Gasteiger partial charge in [-0.2, -0.15) is 0 Å². The normalized spacial score (nSPS) is 11.2. The summed E-state index contributed by atoms with van der Waals surface area (Å²) in [6, 6.07) is 39.8. The van der Waals surface area contributed by atoms with Gasteiger partial charge in [-0.25, -0.2) is 0 Å². The average molecular weight is 725 g/mol. The van der Waals surface area contributed by atoms with Gasteiger partial charge in [0.05, 0.1) is 11.1 Å². The molecule has 8 rings (SSSR count). The molecule has 8 aromatic carbocycles. The summed E-state index contributed by atoms with van der Waals surface area (Å²) < 4.78 is 11.9. The molecule has 268 valence electrons. The van der Waals surface area contributed by atoms with E-state index >= 15 is 0 Å². The topological polar surface area (TPSA) is 127 Å². The predicted octanol–water partition coefficient (Wildman–Crippen LogP) is 10.4. The van der Waals surface area contributed by atoms with E-state index in [1.807, 2.05) is 109 Å². The van der Waals surface area contributed by atoms with E-state index in [4.69, 9.17) is 9.47 Å². The Kier molecular flexibility index (Phi) is 9.22. The SMILES string of the molecule is O=Cc1cc2ccccc2c(-c2c(OC(=O)CCCC(=O)Oc3ccc4ccccc4c3-c3c(O)c(C=O)cc4ccccc34)ccc3ccccc23)c1O. The van der Waals surface area contributed by atoms with Crippen LogP contribution in [0, 0.1) is 0 Å². The minimum Gasteiger partial charge on any atom is -0.507 e. The molecular weight excluding hydrogens is 693 g/mol. The van der Waals surface area contributed by atoms with Crippen LogP contribution in [0.1, 0.15) is 40.0 Å². The Balaban J connectivity index is 1.07. The van der Waals surface area contributed by atoms with Crippen LogP contribution < -0.4 is 9.47 Å². The summed E-state index contributed by atoms with van der Waals surface area (Å²) in [6.45, 7) is 0. The second-order valence-electron chi connectivity index (χ2n) is 13.2. The van der Waals surface area contributed by atoms with Crippen molar-refractivity contribution in [3.8, 4) is 45.3 Å². The second-order valence-corrected chi connectivity index (χ2v) is 13.2. The van der Waals surface area contributed by atoms with Crippen molar-refractivity contribution >= 4 is 67.6 Å². The van der Waals surface area contributed by atoms with Gasteiger partial charge in [0.25, 0.3) is 0 Å². The van der Waals surface area contributed by atoms with E-state index in [0.29, 0.717) is 56.4 Å². The van der Waals surface area contributed by atoms with Gasteiger partial charge < -0.3 is 19.7 Å². The maximum Gasteiger partial charge on any atom is 0.311 e. The third-order valence-electron chi connectivity index (χ3n) is 9.85. The van der Waals surface area contributed by atoms with E-state index in [0.717, 1.165) is 21.5 Å². The Morgan fingerprint density at radius 1 is 0.455 bits per heavy atom. The molecule has 8 nitrogen and oxygen atoms in total. The summed E-state index contributed by atoms with van der Waals surface area (Å²) in [7, 11) is 0. The highest BCUT2D eigenvalue weighted by molar-refractivity contribution is 6.14. The van der Waals surface area contributed by atoms with Gasteiger partial charge in [0.1, 0.15) is 23.0 Å². The van der Waals surface area contributed by atoms with Gasteiger partial charge in [-0.1, -0.05) is 109 Å². The van der Waals surface area contributed by atoms with E-state index in [-0.39, 0.29) is 53.4 Å². The lowest BCUT2D eigenvalue weighted by atomic mass is 9.90. The summed E-state index contributed by atoms with van der Waals surface area (Å²) in [5, 5.41) is 28.7. The summed E-state index contributed by atoms with van der Waals surface area (Å²) >= 11 is 0. The minimum atomic E-state index is -0.604. The number of rotatable bonds is 10. The zero-order chi connectivity index (χ0) is 38.1. The number of phenols is 2. The van der Waals surface area contributed by atoms with Crippen molar-refractivity contribution in [1.29, 1.82) is 0 Å². The van der Waals surface area contributed by atoms with Gasteiger partial charge in [-0.05, 0) is 73.8 Å². The number of hydrogen-bond acceptors (Lipinski definition) is 8. The fraction of sp³-hybridized carbons (Fsp3) is 0.0638. The highest BCUT2D eigenvalue weighted by Gasteiger charge is 2.24. The van der Waals surface area contributed by atoms with Crippen LogP contribution in [0.25, 0.3) is 65.3 Å². The van der Waals surface area contributed by atoms with Crippen LogP contribution >= 0.6 is 0 Å². The Morgan fingerprint density at radius 3 is 1.18 bits per heavy atom. The number of carbonyl (C=O) groups excluding carboxylic acids is 4. The van der Waals surface area contributed by atoms with Crippen molar-refractivity contribution in [1.82, 2.24) is 0 Å². The van der Waals surface area contributed by atoms with E-state index in [2.05, 4.69) is 0 Å². The molecule has 0 fully saturated rings. The maximum absolute atomic E-state index is 13.4. The van der Waals surface area contributed by atoms with E-state index in [1.54, 1.807) is 24.3 Å². The number of benzene rings is 8. The highest BCUT2D eigenvalue weighted by atomic mass is 16.5. The second kappa shape index (κ2) is 14.6. The molecule has 8 heteroatoms. The van der Waals surface area contributed by atoms with Crippen molar-refractivity contribution in [3.05, 3.63) is 145 Å². The molecule has 0 bridgehead atoms. The molecule has 0 aliphatic carbocycles. The molecule has 0 saturated carbocycles. The molecule has 55 heavy (non-hydrogen) atoms. The highest BCUT2D eigenvalue weighted by Crippen LogP contribution is 2.48. The molecule has 8 aromatic rings. The van der Waals surface area contributed by atoms with Crippen molar-refractivity contribution in [2.45, 2.75) is 19.3 Å². The Bertz CT molecular complexity index is 2660. The number of phenolic OH excluding ortho intramolecular Hbond substituents is 2. The van der Waals surface area contributed by atoms with E-state index in [1.165, 1.54) is 0 Å². The van der Waals surface area contributed by atoms with Crippen LogP contribution in [0.3, 0.4) is 0 Å². The number of carbonyl (C=O) groups is 4. The first-order valence-electron chi connectivity index (χ1n) is 17.7. The van der Waals surface area contributed by atoms with Crippen LogP contribution in [-0.4, -0.2) is 34.7 Å². The lowest BCUT2D eigenvalue weighted by Gasteiger charge is -2.18. The van der Waals surface area contributed by atoms with Gasteiger partial charge >= 0.3 is 11.9 Å². The van der Waals surface area contributed by atoms with Crippen molar-refractivity contribution in [2.24, 2.45) is 0 Å². The molecule has 0 aliphatic rings. The van der Waals surface area contributed by atoms with Crippen LogP contribution in [0.15, 0.2) is 133 Å². The number of ether oxygens (including phenoxy) is 2. The molecule has 0 aromatic heterocycles. The molecule has 0 aliphatic heterocycles. The van der Waals surface area contributed by atoms with Crippen molar-refractivity contribution in [2.75, 3.05) is 0 Å². The Hall–Kier alpha value is -7.32. The predicted molar refractivity (Wildman–Crippen MR) is 213 cm³/mol. The molecule has 0 atom stereocenters. The minimum absolute atomic E-state index is 0.104. The molecule has 0 radical (unpaired) electrons. The summed E-state index contributed by atoms with van der Waals surface area (Å²) in [5.74, 6) is -1.27. The molecule has 0 saturated heterocycles. The van der Waals surface area contributed by atoms with Crippen LogP contribution in [0.4, 0.5) is 0 Å². The van der Waals surface area contributed by atoms with E-state index in [9.17, 15) is 29.4 Å². The molecular formula is C47H32O8. The molecule has 2 N–H and O–H groups in total. The molecule has 0 spiro atoms. The van der Waals surface area contributed by atoms with Gasteiger partial charge in [0, 0.05) is 35.1 Å². The quantitative estimate of drug-likeness (QED) is 0.0811. The lowest BCUT2D eigenvalue weighted by molar-refractivity contribution is -0.136. The van der Waals surface area contributed by atoms with Gasteiger partial charge in [0.15, 0.2) is 12.6 Å². The molecule has 0 heterocycles. The smallest absolute Gasteiger partial charge is 0.311 e. The molecule has 0 amide bonds. The summed E-state index contributed by atoms with van der Waals surface area (Å²) in [4.78, 5) is 50.8. The largest absolute Gasteiger partial charge is 0.507 e. The number of aldehydes is 2. The number of esters is 2. The number of fused-ring (bicyclic) bond motifs is 4. The fourth-order valence-electron chi connectivity index (χ4n) is 7.32. The third kappa shape index (κ3) is 6.40.